The van der Waals surface area contributed by atoms with Crippen molar-refractivity contribution >= 4 is 41.5 Å². The highest BCUT2D eigenvalue weighted by Gasteiger charge is 2.37. The summed E-state index contributed by atoms with van der Waals surface area (Å²) in [5, 5.41) is 5.50. The van der Waals surface area contributed by atoms with Gasteiger partial charge < -0.3 is 34.8 Å². The number of benzene rings is 1. The Morgan fingerprint density at radius 3 is 2.08 bits per heavy atom. The normalized spacial score (nSPS) is 27.7. The van der Waals surface area contributed by atoms with Crippen LogP contribution in [-0.2, 0) is 49.5 Å². The van der Waals surface area contributed by atoms with E-state index < -0.39 is 84.4 Å². The number of likely N-dealkylation sites (N-methyl/N-ethyl adjacent to an activating group) is 3. The van der Waals surface area contributed by atoms with E-state index in [9.17, 15) is 33.6 Å². The minimum absolute atomic E-state index is 0.0334. The second-order valence-corrected chi connectivity index (χ2v) is 16.5. The molecule has 1 aliphatic rings. The van der Waals surface area contributed by atoms with E-state index in [1.807, 2.05) is 84.9 Å². The summed E-state index contributed by atoms with van der Waals surface area (Å²) in [6, 6.07) is 4.87. The minimum Gasteiger partial charge on any atom is -0.456 e. The van der Waals surface area contributed by atoms with Gasteiger partial charge in [0.15, 0.2) is 6.10 Å². The summed E-state index contributed by atoms with van der Waals surface area (Å²) in [5.74, 6) is -4.72. The number of ether oxygens (including phenoxy) is 2. The monoisotopic (exact) mass is 824 g/mol. The molecular formula is C45H69N5O9. The number of hydrogen-bond acceptors (Lipinski definition) is 9. The van der Waals surface area contributed by atoms with Crippen molar-refractivity contribution in [1.29, 1.82) is 0 Å². The highest BCUT2D eigenvalue weighted by molar-refractivity contribution is 5.96. The van der Waals surface area contributed by atoms with Gasteiger partial charge in [-0.3, -0.25) is 24.0 Å². The molecule has 59 heavy (non-hydrogen) atoms. The van der Waals surface area contributed by atoms with Crippen LogP contribution in [0.15, 0.2) is 53.6 Å². The van der Waals surface area contributed by atoms with Crippen molar-refractivity contribution in [2.24, 2.45) is 17.8 Å². The van der Waals surface area contributed by atoms with Gasteiger partial charge in [0.25, 0.3) is 5.91 Å². The largest absolute Gasteiger partial charge is 0.456 e. The Morgan fingerprint density at radius 1 is 0.881 bits per heavy atom. The van der Waals surface area contributed by atoms with Gasteiger partial charge in [-0.2, -0.15) is 0 Å². The molecule has 328 valence electrons. The van der Waals surface area contributed by atoms with Crippen LogP contribution in [0.4, 0.5) is 0 Å². The molecule has 1 aromatic rings. The molecule has 14 nitrogen and oxygen atoms in total. The van der Waals surface area contributed by atoms with Gasteiger partial charge in [-0.1, -0.05) is 83.5 Å². The first-order chi connectivity index (χ1) is 27.6. The van der Waals surface area contributed by atoms with E-state index in [-0.39, 0.29) is 30.6 Å². The zero-order chi connectivity index (χ0) is 44.7. The molecule has 0 spiro atoms. The average molecular weight is 824 g/mol. The second kappa shape index (κ2) is 23.5. The fourth-order valence-corrected chi connectivity index (χ4v) is 6.77. The number of nitrogens with one attached hydrogen (secondary N) is 2. The maximum atomic E-state index is 14.2. The molecule has 2 N–H and O–H groups in total. The fraction of sp³-hybridized carbons (Fsp3) is 0.622. The molecule has 2 rings (SSSR count). The Kier molecular flexibility index (Phi) is 20.0. The van der Waals surface area contributed by atoms with Gasteiger partial charge in [-0.25, -0.2) is 9.59 Å². The molecule has 1 aliphatic heterocycles. The van der Waals surface area contributed by atoms with Crippen LogP contribution in [0.5, 0.6) is 0 Å². The van der Waals surface area contributed by atoms with Gasteiger partial charge in [0.05, 0.1) is 6.54 Å². The third-order valence-corrected chi connectivity index (χ3v) is 11.2. The number of carbonyl (C=O) groups is 7. The Labute approximate surface area is 351 Å². The van der Waals surface area contributed by atoms with Crippen LogP contribution in [0.3, 0.4) is 0 Å². The summed E-state index contributed by atoms with van der Waals surface area (Å²) in [4.78, 5) is 100. The first kappa shape index (κ1) is 50.1. The molecule has 0 saturated carbocycles. The molecule has 5 amide bonds. The van der Waals surface area contributed by atoms with E-state index >= 15 is 0 Å². The van der Waals surface area contributed by atoms with Crippen molar-refractivity contribution in [2.45, 2.75) is 138 Å². The lowest BCUT2D eigenvalue weighted by molar-refractivity contribution is -0.159. The summed E-state index contributed by atoms with van der Waals surface area (Å²) in [6.07, 6.45) is 3.57. The van der Waals surface area contributed by atoms with Crippen LogP contribution in [0.2, 0.25) is 0 Å². The first-order valence-corrected chi connectivity index (χ1v) is 20.8. The number of cyclic esters (lactones) is 2. The third-order valence-electron chi connectivity index (χ3n) is 11.2. The van der Waals surface area contributed by atoms with E-state index in [2.05, 4.69) is 10.6 Å². The van der Waals surface area contributed by atoms with Crippen molar-refractivity contribution < 1.29 is 43.0 Å². The van der Waals surface area contributed by atoms with Gasteiger partial charge in [0.1, 0.15) is 30.3 Å². The zero-order valence-corrected chi connectivity index (χ0v) is 37.5. The number of hydrogen-bond donors (Lipinski definition) is 2. The minimum atomic E-state index is -1.19. The van der Waals surface area contributed by atoms with Crippen molar-refractivity contribution in [3.05, 3.63) is 59.2 Å². The maximum absolute atomic E-state index is 14.2. The number of carbonyl (C=O) groups excluding carboxylic acids is 7. The van der Waals surface area contributed by atoms with Gasteiger partial charge in [-0.15, -0.1) is 0 Å². The summed E-state index contributed by atoms with van der Waals surface area (Å²) < 4.78 is 11.8. The highest BCUT2D eigenvalue weighted by atomic mass is 16.6. The van der Waals surface area contributed by atoms with E-state index in [4.69, 9.17) is 9.47 Å². The van der Waals surface area contributed by atoms with Crippen molar-refractivity contribution in [2.75, 3.05) is 27.7 Å². The van der Waals surface area contributed by atoms with E-state index in [1.54, 1.807) is 19.9 Å². The second-order valence-electron chi connectivity index (χ2n) is 16.5. The van der Waals surface area contributed by atoms with Gasteiger partial charge in [0, 0.05) is 33.1 Å². The third kappa shape index (κ3) is 14.6. The summed E-state index contributed by atoms with van der Waals surface area (Å²) in [5.41, 5.74) is 1.87. The van der Waals surface area contributed by atoms with Crippen LogP contribution < -0.4 is 10.6 Å². The SMILES string of the molecule is C/C=C(\C)[C@H]1OC(=O)[C@@H](C)N(C)C(=O)C(C(C)CC)NC(=O)CN(C)C(=O)[C@@H](Cc2ccccc2)N(C)C(=O)[C@H](C)NC(=O)[C@@H](CC(C)C)OC(=O)/C(C)=C/CC[C@@H]1C. The number of nitrogens with zero attached hydrogens (tertiary/aromatic N) is 3. The molecule has 0 saturated heterocycles. The van der Waals surface area contributed by atoms with Crippen LogP contribution in [0.25, 0.3) is 0 Å². The lowest BCUT2D eigenvalue weighted by Crippen LogP contribution is -2.58. The molecule has 2 unspecified atom stereocenters. The first-order valence-electron chi connectivity index (χ1n) is 20.8. The maximum Gasteiger partial charge on any atom is 0.334 e. The van der Waals surface area contributed by atoms with Crippen molar-refractivity contribution in [1.82, 2.24) is 25.3 Å². The molecule has 1 heterocycles. The van der Waals surface area contributed by atoms with Crippen LogP contribution in [0.1, 0.15) is 100 Å². The van der Waals surface area contributed by atoms with Crippen LogP contribution in [0, 0.1) is 17.8 Å². The van der Waals surface area contributed by atoms with Crippen molar-refractivity contribution in [3.63, 3.8) is 0 Å². The molecular weight excluding hydrogens is 755 g/mol. The Hall–Kier alpha value is -5.01. The molecule has 14 heteroatoms. The fourth-order valence-electron chi connectivity index (χ4n) is 6.77. The molecule has 1 aromatic carbocycles. The van der Waals surface area contributed by atoms with Crippen LogP contribution >= 0.6 is 0 Å². The van der Waals surface area contributed by atoms with E-state index in [0.717, 1.165) is 11.1 Å². The average Bonchev–Trinajstić information content (AvgIpc) is 3.20. The Bertz CT molecular complexity index is 1690. The van der Waals surface area contributed by atoms with Crippen molar-refractivity contribution in [3.8, 4) is 0 Å². The van der Waals surface area contributed by atoms with Gasteiger partial charge >= 0.3 is 11.9 Å². The number of esters is 2. The quantitative estimate of drug-likeness (QED) is 0.295. The molecule has 0 radical (unpaired) electrons. The molecule has 8 atom stereocenters. The smallest absolute Gasteiger partial charge is 0.334 e. The zero-order valence-electron chi connectivity index (χ0n) is 37.5. The Morgan fingerprint density at radius 2 is 1.51 bits per heavy atom. The van der Waals surface area contributed by atoms with Gasteiger partial charge in [-0.05, 0) is 82.8 Å². The lowest BCUT2D eigenvalue weighted by atomic mass is 9.93. The molecule has 0 aliphatic carbocycles. The van der Waals surface area contributed by atoms with E-state index in [0.29, 0.717) is 24.8 Å². The number of allylic oxidation sites excluding steroid dienone is 2. The standard InChI is InChI=1S/C45H69N5O9/c1-14-28(5)38-43(55)49(12)33(10)45(57)59-39(29(6)15-2)30(7)20-19-21-31(8)44(56)58-36(24-27(3)4)40(52)46-32(9)41(53)50(13)35(25-34-22-17-16-18-23-34)42(54)48(11)26-37(51)47-38/h15-18,21-23,27-28,30,32-33,35-36,38-39H,14,19-20,24-26H2,1-13H3,(H,46,52)(H,47,51)/b29-15+,31-21+/t28?,30-,32-,33+,35+,36+,38?,39+/m0/s1. The number of rotatable bonds is 7. The summed E-state index contributed by atoms with van der Waals surface area (Å²) in [7, 11) is 4.39. The number of amides is 5. The summed E-state index contributed by atoms with van der Waals surface area (Å²) >= 11 is 0. The van der Waals surface area contributed by atoms with E-state index in [1.165, 1.54) is 42.8 Å². The molecule has 0 aromatic heterocycles. The highest BCUT2D eigenvalue weighted by Crippen LogP contribution is 2.24. The van der Waals surface area contributed by atoms with Crippen LogP contribution in [-0.4, -0.2) is 120 Å². The topological polar surface area (TPSA) is 172 Å². The van der Waals surface area contributed by atoms with Gasteiger partial charge in [0.2, 0.25) is 23.6 Å². The predicted octanol–water partition coefficient (Wildman–Crippen LogP) is 4.61. The lowest BCUT2D eigenvalue weighted by Gasteiger charge is -2.34. The molecule has 0 fully saturated rings. The molecule has 0 bridgehead atoms. The Balaban J connectivity index is 2.62. The summed E-state index contributed by atoms with van der Waals surface area (Å²) in [6.45, 7) is 17.3. The predicted molar refractivity (Wildman–Crippen MR) is 226 cm³/mol.